The molecule has 0 aromatic rings. The lowest BCUT2D eigenvalue weighted by molar-refractivity contribution is -0.133. The lowest BCUT2D eigenvalue weighted by Gasteiger charge is -2.10. The van der Waals surface area contributed by atoms with Gasteiger partial charge in [-0.05, 0) is 6.92 Å². The molecule has 0 amide bonds. The van der Waals surface area contributed by atoms with E-state index in [9.17, 15) is 0 Å². The highest BCUT2D eigenvalue weighted by atomic mass is 16.6. The van der Waals surface area contributed by atoms with Crippen LogP contribution in [0.15, 0.2) is 0 Å². The Labute approximate surface area is 47.9 Å². The fourth-order valence-electron chi connectivity index (χ4n) is 0.296. The van der Waals surface area contributed by atoms with Crippen molar-refractivity contribution in [3.63, 3.8) is 0 Å². The van der Waals surface area contributed by atoms with Gasteiger partial charge in [-0.15, -0.1) is 0 Å². The van der Waals surface area contributed by atoms with Gasteiger partial charge in [0.25, 0.3) is 0 Å². The van der Waals surface area contributed by atoms with E-state index in [4.69, 9.17) is 15.9 Å². The molecule has 8 heavy (non-hydrogen) atoms. The lowest BCUT2D eigenvalue weighted by Crippen LogP contribution is -2.31. The summed E-state index contributed by atoms with van der Waals surface area (Å²) in [5.41, 5.74) is 5.04. The molecule has 0 aromatic carbocycles. The van der Waals surface area contributed by atoms with E-state index in [2.05, 4.69) is 4.74 Å². The van der Waals surface area contributed by atoms with Crippen LogP contribution in [0, 0.1) is 0 Å². The zero-order valence-corrected chi connectivity index (χ0v) is 4.74. The second-order valence-corrected chi connectivity index (χ2v) is 1.46. The number of aliphatic hydroxyl groups is 2. The van der Waals surface area contributed by atoms with Crippen LogP contribution >= 0.6 is 0 Å². The Bertz CT molecular complexity index is 57.2. The first-order valence-corrected chi connectivity index (χ1v) is 2.36. The highest BCUT2D eigenvalue weighted by molar-refractivity contribution is 4.40. The van der Waals surface area contributed by atoms with E-state index >= 15 is 0 Å². The number of hydrogen-bond donors (Lipinski definition) is 3. The molecule has 0 spiro atoms. The summed E-state index contributed by atoms with van der Waals surface area (Å²) < 4.78 is 4.48. The van der Waals surface area contributed by atoms with E-state index in [1.807, 2.05) is 0 Å². The van der Waals surface area contributed by atoms with Crippen molar-refractivity contribution in [3.05, 3.63) is 0 Å². The van der Waals surface area contributed by atoms with Crippen molar-refractivity contribution in [2.24, 2.45) is 5.73 Å². The average Bonchev–Trinajstić information content (AvgIpc) is 1.65. The van der Waals surface area contributed by atoms with Crippen molar-refractivity contribution < 1.29 is 14.9 Å². The highest BCUT2D eigenvalue weighted by Crippen LogP contribution is 1.86. The van der Waals surface area contributed by atoms with Gasteiger partial charge in [-0.25, -0.2) is 0 Å². The minimum atomic E-state index is -0.905. The van der Waals surface area contributed by atoms with E-state index in [0.29, 0.717) is 0 Å². The number of hydrogen-bond acceptors (Lipinski definition) is 4. The molecule has 0 aliphatic carbocycles. The average molecular weight is 121 g/mol. The second-order valence-electron chi connectivity index (χ2n) is 1.46. The summed E-state index contributed by atoms with van der Waals surface area (Å²) in [6.45, 7) is 1.15. The summed E-state index contributed by atoms with van der Waals surface area (Å²) in [5, 5.41) is 16.7. The fraction of sp³-hybridized carbons (Fsp3) is 1.00. The van der Waals surface area contributed by atoms with Crippen LogP contribution in [0.4, 0.5) is 0 Å². The van der Waals surface area contributed by atoms with Crippen molar-refractivity contribution >= 4 is 0 Å². The van der Waals surface area contributed by atoms with E-state index in [0.717, 1.165) is 0 Å². The van der Waals surface area contributed by atoms with Gasteiger partial charge in [0, 0.05) is 0 Å². The van der Waals surface area contributed by atoms with Crippen LogP contribution in [-0.2, 0) is 4.74 Å². The molecule has 50 valence electrons. The monoisotopic (exact) mass is 121 g/mol. The maximum atomic E-state index is 8.44. The molecule has 4 N–H and O–H groups in total. The summed E-state index contributed by atoms with van der Waals surface area (Å²) in [5.74, 6) is 0. The minimum Gasteiger partial charge on any atom is -0.392 e. The molecule has 0 bridgehead atoms. The van der Waals surface area contributed by atoms with Gasteiger partial charge in [-0.3, -0.25) is 0 Å². The predicted molar refractivity (Wildman–Crippen MR) is 27.8 cm³/mol. The summed E-state index contributed by atoms with van der Waals surface area (Å²) in [6, 6.07) is 0. The molecule has 0 fully saturated rings. The Hall–Kier alpha value is -0.160. The Morgan fingerprint density at radius 3 is 2.38 bits per heavy atom. The van der Waals surface area contributed by atoms with Gasteiger partial charge in [0.2, 0.25) is 0 Å². The number of ether oxygens (including phenoxy) is 1. The van der Waals surface area contributed by atoms with E-state index in [1.165, 1.54) is 6.92 Å². The van der Waals surface area contributed by atoms with Crippen LogP contribution < -0.4 is 5.73 Å². The third-order valence-electron chi connectivity index (χ3n) is 0.552. The fourth-order valence-corrected chi connectivity index (χ4v) is 0.296. The minimum absolute atomic E-state index is 0.273. The zero-order valence-electron chi connectivity index (χ0n) is 4.74. The number of aliphatic hydroxyl groups excluding tert-OH is 2. The maximum Gasteiger partial charge on any atom is 0.153 e. The Balaban J connectivity index is 3.10. The van der Waals surface area contributed by atoms with Gasteiger partial charge in [0.1, 0.15) is 6.23 Å². The molecule has 2 unspecified atom stereocenters. The summed E-state index contributed by atoms with van der Waals surface area (Å²) >= 11 is 0. The molecule has 0 saturated heterocycles. The molecule has 2 atom stereocenters. The van der Waals surface area contributed by atoms with Crippen LogP contribution in [-0.4, -0.2) is 29.3 Å². The third kappa shape index (κ3) is 4.01. The largest absolute Gasteiger partial charge is 0.392 e. The Morgan fingerprint density at radius 1 is 1.75 bits per heavy atom. The predicted octanol–water partition coefficient (Wildman–Crippen LogP) is -1.38. The molecule has 0 aliphatic heterocycles. The zero-order chi connectivity index (χ0) is 6.57. The van der Waals surface area contributed by atoms with Crippen molar-refractivity contribution in [1.29, 1.82) is 0 Å². The van der Waals surface area contributed by atoms with Crippen LogP contribution in [0.25, 0.3) is 0 Å². The van der Waals surface area contributed by atoms with E-state index in [-0.39, 0.29) is 6.61 Å². The molecule has 0 aliphatic rings. The Morgan fingerprint density at radius 2 is 2.25 bits per heavy atom. The molecule has 0 heterocycles. The van der Waals surface area contributed by atoms with Gasteiger partial charge >= 0.3 is 0 Å². The normalized spacial score (nSPS) is 18.0. The summed E-state index contributed by atoms with van der Waals surface area (Å²) in [4.78, 5) is 0. The molecule has 4 nitrogen and oxygen atoms in total. The molecule has 0 aromatic heterocycles. The van der Waals surface area contributed by atoms with Gasteiger partial charge in [0.15, 0.2) is 6.29 Å². The first kappa shape index (κ1) is 7.84. The molecule has 4 heteroatoms. The first-order chi connectivity index (χ1) is 3.66. The van der Waals surface area contributed by atoms with E-state index < -0.39 is 12.5 Å². The van der Waals surface area contributed by atoms with Crippen molar-refractivity contribution in [2.45, 2.75) is 19.4 Å². The van der Waals surface area contributed by atoms with Crippen LogP contribution in [0.1, 0.15) is 6.92 Å². The molecular weight excluding hydrogens is 110 g/mol. The molecular formula is C4H11NO3. The topological polar surface area (TPSA) is 75.7 Å². The van der Waals surface area contributed by atoms with Crippen molar-refractivity contribution in [3.8, 4) is 0 Å². The standard InChI is InChI=1S/C4H11NO3/c1-3(7)8-4(5)2-6/h3-4,6-7H,2,5H2,1H3. The number of rotatable bonds is 3. The van der Waals surface area contributed by atoms with Crippen molar-refractivity contribution in [1.82, 2.24) is 0 Å². The lowest BCUT2D eigenvalue weighted by atomic mass is 10.6. The van der Waals surface area contributed by atoms with Gasteiger partial charge in [0.05, 0.1) is 6.61 Å². The SMILES string of the molecule is CC(O)OC(N)CO. The van der Waals surface area contributed by atoms with Gasteiger partial charge < -0.3 is 20.7 Å². The Kier molecular flexibility index (Phi) is 3.72. The molecule has 0 rings (SSSR count). The smallest absolute Gasteiger partial charge is 0.153 e. The van der Waals surface area contributed by atoms with Crippen LogP contribution in [0.3, 0.4) is 0 Å². The molecule has 0 radical (unpaired) electrons. The van der Waals surface area contributed by atoms with E-state index in [1.54, 1.807) is 0 Å². The second kappa shape index (κ2) is 3.80. The highest BCUT2D eigenvalue weighted by Gasteiger charge is 2.01. The third-order valence-corrected chi connectivity index (χ3v) is 0.552. The first-order valence-electron chi connectivity index (χ1n) is 2.36. The molecule has 0 saturated carbocycles. The van der Waals surface area contributed by atoms with Gasteiger partial charge in [-0.2, -0.15) is 0 Å². The van der Waals surface area contributed by atoms with Crippen LogP contribution in [0.5, 0.6) is 0 Å². The van der Waals surface area contributed by atoms with Crippen LogP contribution in [0.2, 0.25) is 0 Å². The summed E-state index contributed by atoms with van der Waals surface area (Å²) in [6.07, 6.45) is -1.67. The van der Waals surface area contributed by atoms with Gasteiger partial charge in [-0.1, -0.05) is 0 Å². The van der Waals surface area contributed by atoms with Crippen molar-refractivity contribution in [2.75, 3.05) is 6.61 Å². The summed E-state index contributed by atoms with van der Waals surface area (Å²) in [7, 11) is 0. The quantitative estimate of drug-likeness (QED) is 0.402. The number of nitrogens with two attached hydrogens (primary N) is 1. The maximum absolute atomic E-state index is 8.44.